The van der Waals surface area contributed by atoms with Gasteiger partial charge in [0.2, 0.25) is 5.91 Å². The molecule has 0 bridgehead atoms. The summed E-state index contributed by atoms with van der Waals surface area (Å²) in [7, 11) is 1.56. The first-order valence-corrected chi connectivity index (χ1v) is 22.7. The van der Waals surface area contributed by atoms with Crippen LogP contribution in [0.1, 0.15) is 187 Å². The van der Waals surface area contributed by atoms with E-state index in [4.69, 9.17) is 9.05 Å². The van der Waals surface area contributed by atoms with Crippen molar-refractivity contribution >= 4 is 13.7 Å². The third-order valence-electron chi connectivity index (χ3n) is 9.42. The molecule has 0 radical (unpaired) electrons. The zero-order valence-corrected chi connectivity index (χ0v) is 35.0. The molecule has 0 heterocycles. The van der Waals surface area contributed by atoms with Crippen molar-refractivity contribution in [2.24, 2.45) is 0 Å². The summed E-state index contributed by atoms with van der Waals surface area (Å²) in [5, 5.41) is 13.7. The molecule has 0 aliphatic carbocycles. The first-order valence-electron chi connectivity index (χ1n) is 21.2. The monoisotopic (exact) mass is 744 g/mol. The maximum Gasteiger partial charge on any atom is 0.472 e. The van der Waals surface area contributed by atoms with Crippen molar-refractivity contribution in [3.63, 3.8) is 0 Å². The predicted octanol–water partition coefficient (Wildman–Crippen LogP) is 11.4. The van der Waals surface area contributed by atoms with Crippen molar-refractivity contribution in [2.75, 3.05) is 40.9 Å². The molecule has 1 amide bonds. The lowest BCUT2D eigenvalue weighted by molar-refractivity contribution is -0.870. The van der Waals surface area contributed by atoms with E-state index in [1.54, 1.807) is 6.08 Å². The summed E-state index contributed by atoms with van der Waals surface area (Å²) in [5.41, 5.74) is 0. The van der Waals surface area contributed by atoms with Gasteiger partial charge in [0.25, 0.3) is 0 Å². The highest BCUT2D eigenvalue weighted by molar-refractivity contribution is 7.47. The van der Waals surface area contributed by atoms with E-state index < -0.39 is 20.0 Å². The van der Waals surface area contributed by atoms with Crippen molar-refractivity contribution < 1.29 is 32.9 Å². The second-order valence-electron chi connectivity index (χ2n) is 15.7. The molecule has 0 aliphatic heterocycles. The Morgan fingerprint density at radius 2 is 1.08 bits per heavy atom. The first-order chi connectivity index (χ1) is 24.5. The van der Waals surface area contributed by atoms with Gasteiger partial charge in [-0.05, 0) is 32.1 Å². The molecule has 8 nitrogen and oxygen atoms in total. The molecule has 9 heteroatoms. The van der Waals surface area contributed by atoms with Gasteiger partial charge in [-0.15, -0.1) is 0 Å². The fourth-order valence-corrected chi connectivity index (χ4v) is 6.73. The Morgan fingerprint density at radius 1 is 0.647 bits per heavy atom. The number of carbonyl (C=O) groups excluding carboxylic acids is 1. The van der Waals surface area contributed by atoms with Crippen LogP contribution < -0.4 is 5.32 Å². The van der Waals surface area contributed by atoms with Gasteiger partial charge in [0, 0.05) is 6.42 Å². The molecule has 0 saturated carbocycles. The predicted molar refractivity (Wildman–Crippen MR) is 217 cm³/mol. The second-order valence-corrected chi connectivity index (χ2v) is 17.2. The number of carbonyl (C=O) groups is 1. The fraction of sp³-hybridized carbons (Fsp3) is 0.881. The number of nitrogens with zero attached hydrogens (tertiary/aromatic N) is 1. The summed E-state index contributed by atoms with van der Waals surface area (Å²) in [6.07, 6.45) is 39.7. The summed E-state index contributed by atoms with van der Waals surface area (Å²) < 4.78 is 23.4. The smallest absolute Gasteiger partial charge is 0.387 e. The van der Waals surface area contributed by atoms with Crippen LogP contribution >= 0.6 is 7.82 Å². The number of quaternary nitrogens is 1. The van der Waals surface area contributed by atoms with Crippen molar-refractivity contribution in [3.05, 3.63) is 24.3 Å². The van der Waals surface area contributed by atoms with Crippen molar-refractivity contribution in [2.45, 2.75) is 199 Å². The molecule has 0 spiro atoms. The van der Waals surface area contributed by atoms with E-state index in [2.05, 4.69) is 31.3 Å². The minimum atomic E-state index is -4.33. The maximum absolute atomic E-state index is 12.8. The maximum atomic E-state index is 12.8. The second kappa shape index (κ2) is 34.7. The summed E-state index contributed by atoms with van der Waals surface area (Å²) in [4.78, 5) is 23.0. The van der Waals surface area contributed by atoms with Crippen molar-refractivity contribution in [1.82, 2.24) is 5.32 Å². The molecule has 0 saturated heterocycles. The number of hydrogen-bond donors (Lipinski definition) is 3. The largest absolute Gasteiger partial charge is 0.472 e. The molecule has 0 aliphatic rings. The van der Waals surface area contributed by atoms with E-state index in [-0.39, 0.29) is 19.1 Å². The van der Waals surface area contributed by atoms with Gasteiger partial charge in [0.15, 0.2) is 0 Å². The number of hydrogen-bond acceptors (Lipinski definition) is 5. The lowest BCUT2D eigenvalue weighted by Gasteiger charge is -2.25. The van der Waals surface area contributed by atoms with Crippen LogP contribution in [0.3, 0.4) is 0 Å². The van der Waals surface area contributed by atoms with E-state index in [1.807, 2.05) is 27.2 Å². The Balaban J connectivity index is 4.34. The normalized spacial score (nSPS) is 14.7. The van der Waals surface area contributed by atoms with E-state index in [0.29, 0.717) is 17.4 Å². The lowest BCUT2D eigenvalue weighted by Crippen LogP contribution is -2.45. The first kappa shape index (κ1) is 50.0. The Labute approximate surface area is 315 Å². The minimum absolute atomic E-state index is 0.0578. The van der Waals surface area contributed by atoms with Crippen LogP contribution in [0.25, 0.3) is 0 Å². The van der Waals surface area contributed by atoms with Crippen LogP contribution in [-0.4, -0.2) is 73.4 Å². The number of aliphatic hydroxyl groups is 1. The fourth-order valence-electron chi connectivity index (χ4n) is 6.00. The third-order valence-corrected chi connectivity index (χ3v) is 10.4. The van der Waals surface area contributed by atoms with Crippen LogP contribution in [-0.2, 0) is 18.4 Å². The zero-order chi connectivity index (χ0) is 37.9. The highest BCUT2D eigenvalue weighted by Crippen LogP contribution is 2.43. The number of aliphatic hydroxyl groups excluding tert-OH is 1. The number of allylic oxidation sites excluding steroid dienone is 3. The van der Waals surface area contributed by atoms with Crippen LogP contribution in [0.5, 0.6) is 0 Å². The number of unbranched alkanes of at least 4 members (excludes halogenated alkanes) is 23. The molecule has 1 unspecified atom stereocenters. The number of amides is 1. The summed E-state index contributed by atoms with van der Waals surface area (Å²) in [6.45, 7) is 4.76. The standard InChI is InChI=1S/C42H83N2O6P/c1-6-8-10-12-14-16-18-19-20-21-22-23-24-25-26-28-30-32-34-36-42(46)43-40(39-50-51(47,48)49-38-37-44(3,4)5)41(45)35-33-31-29-27-17-15-13-11-9-7-2/h17,27,33,35,40-41,45H,6-16,18-26,28-32,34,36-39H2,1-5H3,(H-,43,46,47,48)/p+1/b27-17+,35-33+/t40-,41+/m0/s1. The molecule has 302 valence electrons. The van der Waals surface area contributed by atoms with Gasteiger partial charge in [-0.2, -0.15) is 0 Å². The van der Waals surface area contributed by atoms with Gasteiger partial charge < -0.3 is 19.8 Å². The van der Waals surface area contributed by atoms with Gasteiger partial charge in [-0.1, -0.05) is 173 Å². The van der Waals surface area contributed by atoms with Crippen LogP contribution in [0.4, 0.5) is 0 Å². The zero-order valence-electron chi connectivity index (χ0n) is 34.1. The Morgan fingerprint density at radius 3 is 1.57 bits per heavy atom. The molecule has 0 aromatic rings. The topological polar surface area (TPSA) is 105 Å². The summed E-state index contributed by atoms with van der Waals surface area (Å²) in [6, 6.07) is -0.856. The van der Waals surface area contributed by atoms with E-state index >= 15 is 0 Å². The third kappa shape index (κ3) is 37.1. The Hall–Kier alpha value is -1.02. The Bertz CT molecular complexity index is 891. The number of phosphoric acid groups is 1. The van der Waals surface area contributed by atoms with Crippen LogP contribution in [0.2, 0.25) is 0 Å². The number of nitrogens with one attached hydrogen (secondary N) is 1. The average molecular weight is 744 g/mol. The minimum Gasteiger partial charge on any atom is -0.387 e. The molecule has 51 heavy (non-hydrogen) atoms. The van der Waals surface area contributed by atoms with Crippen LogP contribution in [0, 0.1) is 0 Å². The average Bonchev–Trinajstić information content (AvgIpc) is 3.07. The molecule has 0 aromatic heterocycles. The Kier molecular flexibility index (Phi) is 34.0. The molecule has 0 aromatic carbocycles. The van der Waals surface area contributed by atoms with Gasteiger partial charge in [0.05, 0.1) is 39.9 Å². The van der Waals surface area contributed by atoms with Crippen LogP contribution in [0.15, 0.2) is 24.3 Å². The highest BCUT2D eigenvalue weighted by Gasteiger charge is 2.27. The highest BCUT2D eigenvalue weighted by atomic mass is 31.2. The van der Waals surface area contributed by atoms with Gasteiger partial charge >= 0.3 is 7.82 Å². The number of likely N-dealkylation sites (N-methyl/N-ethyl adjacent to an activating group) is 1. The van der Waals surface area contributed by atoms with E-state index in [9.17, 15) is 19.4 Å². The SMILES string of the molecule is CCCCCC/C=C/CC/C=C/[C@@H](O)[C@H](COP(=O)(O)OCC[N+](C)(C)C)NC(=O)CCCCCCCCCCCCCCCCCCCCC. The summed E-state index contributed by atoms with van der Waals surface area (Å²) in [5.74, 6) is -0.187. The van der Waals surface area contributed by atoms with Gasteiger partial charge in [-0.3, -0.25) is 13.8 Å². The number of phosphoric ester groups is 1. The summed E-state index contributed by atoms with van der Waals surface area (Å²) >= 11 is 0. The molecular weight excluding hydrogens is 659 g/mol. The molecule has 0 fully saturated rings. The lowest BCUT2D eigenvalue weighted by atomic mass is 10.0. The van der Waals surface area contributed by atoms with E-state index in [1.165, 1.54) is 128 Å². The van der Waals surface area contributed by atoms with Gasteiger partial charge in [-0.25, -0.2) is 4.57 Å². The molecule has 3 atom stereocenters. The van der Waals surface area contributed by atoms with E-state index in [0.717, 1.165) is 38.5 Å². The molecular formula is C42H84N2O6P+. The number of rotatable bonds is 38. The molecule has 0 rings (SSSR count). The van der Waals surface area contributed by atoms with Crippen molar-refractivity contribution in [3.8, 4) is 0 Å². The molecule has 3 N–H and O–H groups in total. The van der Waals surface area contributed by atoms with Gasteiger partial charge in [0.1, 0.15) is 13.2 Å². The quantitative estimate of drug-likeness (QED) is 0.0252. The van der Waals surface area contributed by atoms with Crippen molar-refractivity contribution in [1.29, 1.82) is 0 Å².